The summed E-state index contributed by atoms with van der Waals surface area (Å²) in [6, 6.07) is 26.6. The summed E-state index contributed by atoms with van der Waals surface area (Å²) >= 11 is 0. The summed E-state index contributed by atoms with van der Waals surface area (Å²) in [7, 11) is 1.59. The summed E-state index contributed by atoms with van der Waals surface area (Å²) in [6.45, 7) is 3.53. The molecule has 0 aliphatic carbocycles. The Morgan fingerprint density at radius 3 is 2.16 bits per heavy atom. The molecule has 4 aromatic rings. The minimum atomic E-state index is -0.774. The Labute approximate surface area is 251 Å². The van der Waals surface area contributed by atoms with Gasteiger partial charge < -0.3 is 19.1 Å². The van der Waals surface area contributed by atoms with E-state index in [1.807, 2.05) is 54.6 Å². The van der Waals surface area contributed by atoms with Gasteiger partial charge in [0.15, 0.2) is 5.75 Å². The van der Waals surface area contributed by atoms with E-state index < -0.39 is 11.8 Å². The fourth-order valence-corrected chi connectivity index (χ4v) is 5.12. The zero-order valence-corrected chi connectivity index (χ0v) is 24.4. The van der Waals surface area contributed by atoms with Gasteiger partial charge in [-0.15, -0.1) is 0 Å². The van der Waals surface area contributed by atoms with Crippen molar-refractivity contribution in [2.45, 2.75) is 32.9 Å². The number of carbonyl (C=O) groups excluding carboxylic acids is 2. The number of esters is 1. The van der Waals surface area contributed by atoms with E-state index in [9.17, 15) is 9.59 Å². The van der Waals surface area contributed by atoms with Gasteiger partial charge in [0, 0.05) is 11.6 Å². The number of carbonyl (C=O) groups is 2. The van der Waals surface area contributed by atoms with Crippen molar-refractivity contribution < 1.29 is 28.2 Å². The number of hydrogen-bond acceptors (Lipinski definition) is 6. The first-order chi connectivity index (χ1) is 20.9. The number of rotatable bonds is 11. The lowest BCUT2D eigenvalue weighted by atomic mass is 10.0. The summed E-state index contributed by atoms with van der Waals surface area (Å²) in [4.78, 5) is 31.3. The van der Waals surface area contributed by atoms with Gasteiger partial charge in [0.2, 0.25) is 5.91 Å². The predicted molar refractivity (Wildman–Crippen MR) is 163 cm³/mol. The minimum absolute atomic E-state index is 0.0662. The molecule has 0 aromatic heterocycles. The highest BCUT2D eigenvalue weighted by Gasteiger charge is 2.31. The Hall–Kier alpha value is -4.69. The van der Waals surface area contributed by atoms with Crippen LogP contribution in [0, 0.1) is 12.7 Å². The number of likely N-dealkylation sites (tertiary alicyclic amines) is 1. The smallest absolute Gasteiger partial charge is 0.347 e. The number of halogens is 1. The van der Waals surface area contributed by atoms with E-state index in [0.717, 1.165) is 37.1 Å². The molecule has 4 aromatic carbocycles. The summed E-state index contributed by atoms with van der Waals surface area (Å²) in [5, 5.41) is 0. The van der Waals surface area contributed by atoms with Gasteiger partial charge in [-0.25, -0.2) is 9.18 Å². The van der Waals surface area contributed by atoms with Crippen molar-refractivity contribution in [3.05, 3.63) is 119 Å². The first-order valence-electron chi connectivity index (χ1n) is 14.4. The molecular weight excluding hydrogens is 547 g/mol. The number of benzene rings is 4. The van der Waals surface area contributed by atoms with Crippen LogP contribution in [0.5, 0.6) is 17.2 Å². The molecule has 1 aliphatic heterocycles. The van der Waals surface area contributed by atoms with Gasteiger partial charge in [-0.1, -0.05) is 60.7 Å². The molecule has 5 rings (SSSR count). The maximum absolute atomic E-state index is 15.7. The van der Waals surface area contributed by atoms with Crippen LogP contribution >= 0.6 is 0 Å². The fourth-order valence-electron chi connectivity index (χ4n) is 5.12. The van der Waals surface area contributed by atoms with Gasteiger partial charge >= 0.3 is 5.97 Å². The zero-order valence-electron chi connectivity index (χ0n) is 24.4. The average Bonchev–Trinajstić information content (AvgIpc) is 3.54. The molecule has 0 radical (unpaired) electrons. The summed E-state index contributed by atoms with van der Waals surface area (Å²) < 4.78 is 33.0. The van der Waals surface area contributed by atoms with Crippen molar-refractivity contribution in [2.24, 2.45) is 0 Å². The number of anilines is 1. The summed E-state index contributed by atoms with van der Waals surface area (Å²) in [5.74, 6) is -0.565. The first-order valence-corrected chi connectivity index (χ1v) is 14.4. The van der Waals surface area contributed by atoms with Crippen molar-refractivity contribution >= 4 is 17.6 Å². The van der Waals surface area contributed by atoms with E-state index in [2.05, 4.69) is 4.90 Å². The van der Waals surface area contributed by atoms with Gasteiger partial charge in [-0.3, -0.25) is 9.69 Å². The molecule has 0 spiro atoms. The highest BCUT2D eigenvalue weighted by atomic mass is 19.1. The van der Waals surface area contributed by atoms with Crippen molar-refractivity contribution in [1.29, 1.82) is 0 Å². The lowest BCUT2D eigenvalue weighted by Crippen LogP contribution is -2.39. The summed E-state index contributed by atoms with van der Waals surface area (Å²) in [6.07, 6.45) is 2.04. The van der Waals surface area contributed by atoms with Crippen LogP contribution in [-0.4, -0.2) is 43.5 Å². The number of amides is 1. The number of nitrogens with zero attached hydrogens (tertiary/aromatic N) is 2. The molecule has 0 atom stereocenters. The molecule has 0 bridgehead atoms. The summed E-state index contributed by atoms with van der Waals surface area (Å²) in [5.41, 5.74) is 1.83. The first kappa shape index (κ1) is 29.8. The molecule has 7 nitrogen and oxygen atoms in total. The third kappa shape index (κ3) is 7.40. The Kier molecular flexibility index (Phi) is 9.69. The van der Waals surface area contributed by atoms with Crippen LogP contribution < -0.4 is 19.1 Å². The van der Waals surface area contributed by atoms with Crippen LogP contribution in [0.3, 0.4) is 0 Å². The predicted octanol–water partition coefficient (Wildman–Crippen LogP) is 6.57. The van der Waals surface area contributed by atoms with E-state index in [1.165, 1.54) is 17.9 Å². The number of ether oxygens (including phenoxy) is 3. The monoisotopic (exact) mass is 582 g/mol. The van der Waals surface area contributed by atoms with E-state index in [4.69, 9.17) is 14.2 Å². The van der Waals surface area contributed by atoms with Crippen LogP contribution in [0.4, 0.5) is 10.1 Å². The largest absolute Gasteiger partial charge is 0.497 e. The highest BCUT2D eigenvalue weighted by molar-refractivity contribution is 6.02. The van der Waals surface area contributed by atoms with Crippen molar-refractivity contribution in [2.75, 3.05) is 31.6 Å². The second kappa shape index (κ2) is 14.0. The van der Waals surface area contributed by atoms with Gasteiger partial charge in [-0.05, 0) is 68.2 Å². The Balaban J connectivity index is 1.60. The molecule has 222 valence electrons. The molecule has 43 heavy (non-hydrogen) atoms. The third-order valence-corrected chi connectivity index (χ3v) is 7.49. The SMILES string of the molecule is COc1ccc(CN(C(=O)CN2CCCC2)c2cc(F)c(C)c(C(=O)Oc3ccccc3)c2OCc2ccccc2)cc1. The Bertz CT molecular complexity index is 1540. The maximum atomic E-state index is 15.7. The topological polar surface area (TPSA) is 68.3 Å². The molecule has 1 heterocycles. The number of methoxy groups -OCH3 is 1. The molecule has 0 saturated carbocycles. The normalized spacial score (nSPS) is 13.0. The van der Waals surface area contributed by atoms with Crippen LogP contribution in [0.1, 0.15) is 39.9 Å². The molecule has 8 heteroatoms. The molecule has 1 aliphatic rings. The van der Waals surface area contributed by atoms with Crippen LogP contribution in [-0.2, 0) is 17.9 Å². The fraction of sp³-hybridized carbons (Fsp3) is 0.257. The average molecular weight is 583 g/mol. The van der Waals surface area contributed by atoms with E-state index in [-0.39, 0.29) is 48.2 Å². The maximum Gasteiger partial charge on any atom is 0.347 e. The van der Waals surface area contributed by atoms with E-state index in [0.29, 0.717) is 11.5 Å². The minimum Gasteiger partial charge on any atom is -0.497 e. The molecule has 1 saturated heterocycles. The van der Waals surface area contributed by atoms with Crippen molar-refractivity contribution in [3.8, 4) is 17.2 Å². The molecular formula is C35H35FN2O5. The van der Waals surface area contributed by atoms with Crippen LogP contribution in [0.2, 0.25) is 0 Å². The quantitative estimate of drug-likeness (QED) is 0.147. The van der Waals surface area contributed by atoms with Gasteiger partial charge in [0.25, 0.3) is 0 Å². The Morgan fingerprint density at radius 2 is 1.51 bits per heavy atom. The second-order valence-electron chi connectivity index (χ2n) is 10.5. The van der Waals surface area contributed by atoms with Gasteiger partial charge in [0.1, 0.15) is 29.5 Å². The van der Waals surface area contributed by atoms with Crippen molar-refractivity contribution in [3.63, 3.8) is 0 Å². The van der Waals surface area contributed by atoms with E-state index >= 15 is 4.39 Å². The van der Waals surface area contributed by atoms with Crippen molar-refractivity contribution in [1.82, 2.24) is 4.90 Å². The van der Waals surface area contributed by atoms with Crippen LogP contribution in [0.25, 0.3) is 0 Å². The lowest BCUT2D eigenvalue weighted by Gasteiger charge is -2.29. The standard InChI is InChI=1S/C35H35FN2O5/c1-25-30(36)21-31(38(32(39)23-37-19-9-10-20-37)22-26-15-17-28(41-2)18-16-26)34(42-24-27-11-5-3-6-12-27)33(25)35(40)43-29-13-7-4-8-14-29/h3-8,11-18,21H,9-10,19-20,22-24H2,1-2H3. The molecule has 0 N–H and O–H groups in total. The van der Waals surface area contributed by atoms with Crippen LogP contribution in [0.15, 0.2) is 91.0 Å². The molecule has 0 unspecified atom stereocenters. The van der Waals surface area contributed by atoms with Gasteiger partial charge in [-0.2, -0.15) is 0 Å². The number of para-hydroxylation sites is 1. The Morgan fingerprint density at radius 1 is 0.860 bits per heavy atom. The number of hydrogen-bond donors (Lipinski definition) is 0. The highest BCUT2D eigenvalue weighted by Crippen LogP contribution is 2.39. The third-order valence-electron chi connectivity index (χ3n) is 7.49. The second-order valence-corrected chi connectivity index (χ2v) is 10.5. The molecule has 1 fully saturated rings. The van der Waals surface area contributed by atoms with E-state index in [1.54, 1.807) is 37.4 Å². The van der Waals surface area contributed by atoms with Gasteiger partial charge in [0.05, 0.1) is 25.9 Å². The lowest BCUT2D eigenvalue weighted by molar-refractivity contribution is -0.119. The zero-order chi connectivity index (χ0) is 30.2. The molecule has 1 amide bonds.